The molecule has 0 bridgehead atoms. The third kappa shape index (κ3) is 3.95. The molecule has 0 aromatic carbocycles. The molecule has 0 radical (unpaired) electrons. The number of amides is 1. The van der Waals surface area contributed by atoms with Gasteiger partial charge in [0.05, 0.1) is 5.92 Å². The molecule has 2 fully saturated rings. The molecular weight excluding hydrogens is 242 g/mol. The fraction of sp³-hybridized carbons (Fsp3) is 0.867. The van der Waals surface area contributed by atoms with Gasteiger partial charge in [-0.2, -0.15) is 0 Å². The van der Waals surface area contributed by atoms with Crippen LogP contribution in [0.3, 0.4) is 0 Å². The highest BCUT2D eigenvalue weighted by molar-refractivity contribution is 5.80. The number of hydrogen-bond donors (Lipinski definition) is 2. The maximum absolute atomic E-state index is 12.2. The molecule has 0 saturated heterocycles. The second-order valence-electron chi connectivity index (χ2n) is 6.36. The number of carbonyl (C=O) groups excluding carboxylic acids is 1. The Balaban J connectivity index is 1.80. The molecule has 2 rings (SSSR count). The Kier molecular flexibility index (Phi) is 4.83. The normalized spacial score (nSPS) is 35.6. The van der Waals surface area contributed by atoms with Crippen molar-refractivity contribution in [1.29, 1.82) is 0 Å². The van der Waals surface area contributed by atoms with E-state index < -0.39 is 5.97 Å². The van der Waals surface area contributed by atoms with Gasteiger partial charge in [-0.3, -0.25) is 9.59 Å². The Morgan fingerprint density at radius 3 is 2.26 bits per heavy atom. The number of aliphatic carboxylic acids is 1. The molecule has 4 nitrogen and oxygen atoms in total. The van der Waals surface area contributed by atoms with Crippen LogP contribution in [0, 0.1) is 17.8 Å². The van der Waals surface area contributed by atoms with Gasteiger partial charge >= 0.3 is 5.97 Å². The molecule has 1 amide bonds. The first-order valence-corrected chi connectivity index (χ1v) is 7.59. The summed E-state index contributed by atoms with van der Waals surface area (Å²) in [6.45, 7) is 2.26. The second-order valence-corrected chi connectivity index (χ2v) is 6.36. The summed E-state index contributed by atoms with van der Waals surface area (Å²) >= 11 is 0. The lowest BCUT2D eigenvalue weighted by molar-refractivity contribution is -0.144. The minimum atomic E-state index is -0.746. The van der Waals surface area contributed by atoms with Crippen molar-refractivity contribution in [3.8, 4) is 0 Å². The second kappa shape index (κ2) is 6.40. The summed E-state index contributed by atoms with van der Waals surface area (Å²) in [5.41, 5.74) is 0. The Hall–Kier alpha value is -1.06. The van der Waals surface area contributed by atoms with E-state index in [9.17, 15) is 9.59 Å². The number of carboxylic acids is 1. The molecule has 2 aliphatic carbocycles. The lowest BCUT2D eigenvalue weighted by Gasteiger charge is -2.30. The van der Waals surface area contributed by atoms with Gasteiger partial charge in [-0.05, 0) is 50.9 Å². The molecule has 2 aliphatic rings. The smallest absolute Gasteiger partial charge is 0.306 e. The summed E-state index contributed by atoms with van der Waals surface area (Å²) < 4.78 is 0. The zero-order valence-electron chi connectivity index (χ0n) is 11.7. The van der Waals surface area contributed by atoms with E-state index in [0.717, 1.165) is 38.0 Å². The minimum absolute atomic E-state index is 0.0884. The average molecular weight is 267 g/mol. The van der Waals surface area contributed by atoms with Gasteiger partial charge in [0.25, 0.3) is 0 Å². The van der Waals surface area contributed by atoms with Crippen LogP contribution in [0.2, 0.25) is 0 Å². The molecule has 19 heavy (non-hydrogen) atoms. The maximum Gasteiger partial charge on any atom is 0.306 e. The van der Waals surface area contributed by atoms with E-state index >= 15 is 0 Å². The molecule has 108 valence electrons. The summed E-state index contributed by atoms with van der Waals surface area (Å²) in [5.74, 6) is -0.293. The first-order chi connectivity index (χ1) is 9.06. The van der Waals surface area contributed by atoms with Crippen LogP contribution in [-0.4, -0.2) is 23.0 Å². The summed E-state index contributed by atoms with van der Waals surface area (Å²) in [4.78, 5) is 23.2. The molecular formula is C15H25NO3. The zero-order valence-corrected chi connectivity index (χ0v) is 11.7. The summed E-state index contributed by atoms with van der Waals surface area (Å²) in [6.07, 6.45) is 7.46. The zero-order chi connectivity index (χ0) is 13.8. The van der Waals surface area contributed by atoms with E-state index in [2.05, 4.69) is 12.2 Å². The van der Waals surface area contributed by atoms with Crippen molar-refractivity contribution in [3.63, 3.8) is 0 Å². The number of hydrogen-bond acceptors (Lipinski definition) is 2. The van der Waals surface area contributed by atoms with Gasteiger partial charge in [0.1, 0.15) is 0 Å². The molecule has 4 heteroatoms. The van der Waals surface area contributed by atoms with E-state index in [-0.39, 0.29) is 17.7 Å². The van der Waals surface area contributed by atoms with Gasteiger partial charge < -0.3 is 10.4 Å². The van der Waals surface area contributed by atoms with Crippen molar-refractivity contribution >= 4 is 11.9 Å². The van der Waals surface area contributed by atoms with Crippen molar-refractivity contribution in [3.05, 3.63) is 0 Å². The van der Waals surface area contributed by atoms with Crippen LogP contribution >= 0.6 is 0 Å². The Labute approximate surface area is 115 Å². The molecule has 2 unspecified atom stereocenters. The molecule has 0 aromatic rings. The van der Waals surface area contributed by atoms with Gasteiger partial charge in [0.15, 0.2) is 0 Å². The summed E-state index contributed by atoms with van der Waals surface area (Å²) in [7, 11) is 0. The molecule has 2 atom stereocenters. The average Bonchev–Trinajstić information content (AvgIpc) is 2.41. The third-order valence-corrected chi connectivity index (χ3v) is 4.76. The van der Waals surface area contributed by atoms with Gasteiger partial charge in [0.2, 0.25) is 5.91 Å². The van der Waals surface area contributed by atoms with Crippen molar-refractivity contribution in [2.24, 2.45) is 17.8 Å². The van der Waals surface area contributed by atoms with Crippen LogP contribution in [0.4, 0.5) is 0 Å². The maximum atomic E-state index is 12.2. The number of rotatable bonds is 3. The van der Waals surface area contributed by atoms with Gasteiger partial charge in [0, 0.05) is 12.0 Å². The standard InChI is InChI=1S/C15H25NO3/c1-10-5-7-13(8-6-10)16-14(17)11-3-2-4-12(9-11)15(18)19/h10-13H,2-9H2,1H3,(H,16,17)(H,18,19). The van der Waals surface area contributed by atoms with E-state index in [4.69, 9.17) is 5.11 Å². The highest BCUT2D eigenvalue weighted by atomic mass is 16.4. The number of nitrogens with one attached hydrogen (secondary N) is 1. The van der Waals surface area contributed by atoms with E-state index in [0.29, 0.717) is 12.5 Å². The third-order valence-electron chi connectivity index (χ3n) is 4.76. The molecule has 2 N–H and O–H groups in total. The molecule has 2 saturated carbocycles. The Bertz CT molecular complexity index is 334. The van der Waals surface area contributed by atoms with Crippen LogP contribution in [0.1, 0.15) is 58.3 Å². The van der Waals surface area contributed by atoms with Crippen molar-refractivity contribution in [1.82, 2.24) is 5.32 Å². The number of carbonyl (C=O) groups is 2. The van der Waals surface area contributed by atoms with Crippen LogP contribution in [0.5, 0.6) is 0 Å². The van der Waals surface area contributed by atoms with Gasteiger partial charge in [-0.25, -0.2) is 0 Å². The van der Waals surface area contributed by atoms with Crippen molar-refractivity contribution in [2.45, 2.75) is 64.3 Å². The minimum Gasteiger partial charge on any atom is -0.481 e. The Morgan fingerprint density at radius 1 is 1.00 bits per heavy atom. The van der Waals surface area contributed by atoms with E-state index in [1.54, 1.807) is 0 Å². The highest BCUT2D eigenvalue weighted by Gasteiger charge is 2.32. The largest absolute Gasteiger partial charge is 0.481 e. The monoisotopic (exact) mass is 267 g/mol. The van der Waals surface area contributed by atoms with Crippen molar-refractivity contribution in [2.75, 3.05) is 0 Å². The summed E-state index contributed by atoms with van der Waals surface area (Å²) in [6, 6.07) is 0.314. The Morgan fingerprint density at radius 2 is 1.63 bits per heavy atom. The lowest BCUT2D eigenvalue weighted by Crippen LogP contribution is -2.42. The van der Waals surface area contributed by atoms with Crippen LogP contribution < -0.4 is 5.32 Å². The predicted molar refractivity (Wildman–Crippen MR) is 72.6 cm³/mol. The van der Waals surface area contributed by atoms with Gasteiger partial charge in [-0.15, -0.1) is 0 Å². The quantitative estimate of drug-likeness (QED) is 0.826. The van der Waals surface area contributed by atoms with E-state index in [1.165, 1.54) is 12.8 Å². The highest BCUT2D eigenvalue weighted by Crippen LogP contribution is 2.30. The summed E-state index contributed by atoms with van der Waals surface area (Å²) in [5, 5.41) is 12.2. The molecule has 0 aromatic heterocycles. The number of carboxylic acid groups (broad SMARTS) is 1. The first-order valence-electron chi connectivity index (χ1n) is 7.59. The fourth-order valence-corrected chi connectivity index (χ4v) is 3.38. The molecule has 0 aliphatic heterocycles. The van der Waals surface area contributed by atoms with Crippen molar-refractivity contribution < 1.29 is 14.7 Å². The fourth-order valence-electron chi connectivity index (χ4n) is 3.38. The molecule has 0 heterocycles. The van der Waals surface area contributed by atoms with Gasteiger partial charge in [-0.1, -0.05) is 13.3 Å². The van der Waals surface area contributed by atoms with E-state index in [1.807, 2.05) is 0 Å². The SMILES string of the molecule is CC1CCC(NC(=O)C2CCCC(C(=O)O)C2)CC1. The van der Waals surface area contributed by atoms with Crippen LogP contribution in [0.25, 0.3) is 0 Å². The predicted octanol–water partition coefficient (Wildman–Crippen LogP) is 2.57. The topological polar surface area (TPSA) is 66.4 Å². The molecule has 0 spiro atoms. The lowest BCUT2D eigenvalue weighted by atomic mass is 9.80. The first kappa shape index (κ1) is 14.4. The van der Waals surface area contributed by atoms with Crippen LogP contribution in [-0.2, 0) is 9.59 Å². The van der Waals surface area contributed by atoms with Crippen LogP contribution in [0.15, 0.2) is 0 Å².